The minimum absolute atomic E-state index is 0.0601. The summed E-state index contributed by atoms with van der Waals surface area (Å²) >= 11 is 12.4. The third-order valence-corrected chi connectivity index (χ3v) is 6.24. The Hall–Kier alpha value is -1.75. The van der Waals surface area contributed by atoms with E-state index in [0.717, 1.165) is 50.2 Å². The number of ether oxygens (including phenoxy) is 1. The number of carbonyl (C=O) groups excluding carboxylic acids is 1. The Bertz CT molecular complexity index is 803. The van der Waals surface area contributed by atoms with Crippen LogP contribution in [0, 0.1) is 5.92 Å². The molecule has 3 rings (SSSR count). The van der Waals surface area contributed by atoms with Crippen molar-refractivity contribution in [1.82, 2.24) is 10.2 Å². The molecule has 0 atom stereocenters. The third kappa shape index (κ3) is 6.36. The molecule has 1 amide bonds. The molecule has 156 valence electrons. The average molecular weight is 435 g/mol. The summed E-state index contributed by atoms with van der Waals surface area (Å²) in [5.74, 6) is 1.02. The zero-order valence-electron chi connectivity index (χ0n) is 16.8. The predicted molar refractivity (Wildman–Crippen MR) is 119 cm³/mol. The van der Waals surface area contributed by atoms with Gasteiger partial charge in [-0.3, -0.25) is 9.69 Å². The standard InChI is InChI=1S/C23H28Cl2N2O2/c1-2-17-6-8-20(9-7-17)29-15-12-26-23(28)18-10-13-27(14-11-18)16-19-4-3-5-21(24)22(19)25/h3-9,18H,2,10-16H2,1H3,(H,26,28). The smallest absolute Gasteiger partial charge is 0.223 e. The Balaban J connectivity index is 1.35. The zero-order chi connectivity index (χ0) is 20.6. The fraction of sp³-hybridized carbons (Fsp3) is 0.435. The highest BCUT2D eigenvalue weighted by Gasteiger charge is 2.25. The summed E-state index contributed by atoms with van der Waals surface area (Å²) in [5.41, 5.74) is 2.32. The van der Waals surface area contributed by atoms with Gasteiger partial charge in [0.05, 0.1) is 16.6 Å². The summed E-state index contributed by atoms with van der Waals surface area (Å²) < 4.78 is 5.70. The molecule has 1 heterocycles. The number of halogens is 2. The maximum Gasteiger partial charge on any atom is 0.223 e. The first-order valence-corrected chi connectivity index (χ1v) is 11.0. The molecule has 1 fully saturated rings. The van der Waals surface area contributed by atoms with Crippen LogP contribution in [0.1, 0.15) is 30.9 Å². The molecule has 2 aromatic carbocycles. The lowest BCUT2D eigenvalue weighted by Gasteiger charge is -2.31. The summed E-state index contributed by atoms with van der Waals surface area (Å²) in [7, 11) is 0. The Labute approximate surface area is 183 Å². The number of hydrogen-bond acceptors (Lipinski definition) is 3. The van der Waals surface area contributed by atoms with Crippen LogP contribution in [0.5, 0.6) is 5.75 Å². The van der Waals surface area contributed by atoms with Crippen molar-refractivity contribution in [2.75, 3.05) is 26.2 Å². The molecular formula is C23H28Cl2N2O2. The molecule has 1 saturated heterocycles. The lowest BCUT2D eigenvalue weighted by atomic mass is 9.95. The highest BCUT2D eigenvalue weighted by molar-refractivity contribution is 6.42. The Kier molecular flexibility index (Phi) is 8.22. The summed E-state index contributed by atoms with van der Waals surface area (Å²) in [5, 5.41) is 4.21. The van der Waals surface area contributed by atoms with Crippen LogP contribution in [0.15, 0.2) is 42.5 Å². The Morgan fingerprint density at radius 1 is 1.14 bits per heavy atom. The van der Waals surface area contributed by atoms with Crippen molar-refractivity contribution in [1.29, 1.82) is 0 Å². The van der Waals surface area contributed by atoms with Crippen molar-refractivity contribution < 1.29 is 9.53 Å². The first-order chi connectivity index (χ1) is 14.1. The zero-order valence-corrected chi connectivity index (χ0v) is 18.3. The molecule has 0 bridgehead atoms. The Morgan fingerprint density at radius 2 is 1.86 bits per heavy atom. The van der Waals surface area contributed by atoms with E-state index >= 15 is 0 Å². The van der Waals surface area contributed by atoms with Gasteiger partial charge in [0.2, 0.25) is 5.91 Å². The van der Waals surface area contributed by atoms with Crippen LogP contribution >= 0.6 is 23.2 Å². The van der Waals surface area contributed by atoms with E-state index in [1.165, 1.54) is 5.56 Å². The summed E-state index contributed by atoms with van der Waals surface area (Å²) in [6, 6.07) is 13.8. The number of carbonyl (C=O) groups is 1. The highest BCUT2D eigenvalue weighted by Crippen LogP contribution is 2.28. The number of hydrogen-bond donors (Lipinski definition) is 1. The van der Waals surface area contributed by atoms with Crippen molar-refractivity contribution in [2.24, 2.45) is 5.92 Å². The minimum Gasteiger partial charge on any atom is -0.492 e. The quantitative estimate of drug-likeness (QED) is 0.596. The maximum absolute atomic E-state index is 12.4. The molecule has 4 nitrogen and oxygen atoms in total. The number of amides is 1. The van der Waals surface area contributed by atoms with Gasteiger partial charge in [-0.2, -0.15) is 0 Å². The van der Waals surface area contributed by atoms with Crippen LogP contribution in [0.2, 0.25) is 10.0 Å². The molecule has 29 heavy (non-hydrogen) atoms. The Morgan fingerprint density at radius 3 is 2.55 bits per heavy atom. The van der Waals surface area contributed by atoms with E-state index in [4.69, 9.17) is 27.9 Å². The summed E-state index contributed by atoms with van der Waals surface area (Å²) in [6.45, 7) is 5.64. The van der Waals surface area contributed by atoms with E-state index in [1.807, 2.05) is 24.3 Å². The lowest BCUT2D eigenvalue weighted by Crippen LogP contribution is -2.41. The average Bonchev–Trinajstić information content (AvgIpc) is 2.75. The van der Waals surface area contributed by atoms with Crippen molar-refractivity contribution >= 4 is 29.1 Å². The van der Waals surface area contributed by atoms with Gasteiger partial charge in [-0.15, -0.1) is 0 Å². The molecule has 0 aliphatic carbocycles. The SMILES string of the molecule is CCc1ccc(OCCNC(=O)C2CCN(Cc3cccc(Cl)c3Cl)CC2)cc1. The van der Waals surface area contributed by atoms with Crippen LogP contribution in [-0.4, -0.2) is 37.0 Å². The molecular weight excluding hydrogens is 407 g/mol. The van der Waals surface area contributed by atoms with Gasteiger partial charge in [0, 0.05) is 12.5 Å². The van der Waals surface area contributed by atoms with Gasteiger partial charge in [0.25, 0.3) is 0 Å². The van der Waals surface area contributed by atoms with Crippen LogP contribution in [0.3, 0.4) is 0 Å². The fourth-order valence-corrected chi connectivity index (χ4v) is 3.95. The molecule has 0 aromatic heterocycles. The maximum atomic E-state index is 12.4. The van der Waals surface area contributed by atoms with E-state index in [1.54, 1.807) is 6.07 Å². The van der Waals surface area contributed by atoms with E-state index in [2.05, 4.69) is 29.3 Å². The van der Waals surface area contributed by atoms with Gasteiger partial charge in [0.15, 0.2) is 0 Å². The largest absolute Gasteiger partial charge is 0.492 e. The van der Waals surface area contributed by atoms with E-state index in [-0.39, 0.29) is 11.8 Å². The molecule has 1 aliphatic heterocycles. The van der Waals surface area contributed by atoms with E-state index in [0.29, 0.717) is 23.2 Å². The second kappa shape index (κ2) is 10.9. The molecule has 6 heteroatoms. The number of rotatable bonds is 8. The number of likely N-dealkylation sites (tertiary alicyclic amines) is 1. The van der Waals surface area contributed by atoms with Gasteiger partial charge in [-0.1, -0.05) is 54.4 Å². The number of nitrogens with zero attached hydrogens (tertiary/aromatic N) is 1. The van der Waals surface area contributed by atoms with Gasteiger partial charge in [-0.05, 0) is 61.7 Å². The van der Waals surface area contributed by atoms with Gasteiger partial charge in [0.1, 0.15) is 12.4 Å². The molecule has 1 aliphatic rings. The molecule has 0 radical (unpaired) electrons. The van der Waals surface area contributed by atoms with Crippen molar-refractivity contribution in [3.8, 4) is 5.75 Å². The molecule has 1 N–H and O–H groups in total. The second-order valence-electron chi connectivity index (χ2n) is 7.40. The van der Waals surface area contributed by atoms with Crippen molar-refractivity contribution in [2.45, 2.75) is 32.7 Å². The monoisotopic (exact) mass is 434 g/mol. The van der Waals surface area contributed by atoms with Crippen LogP contribution < -0.4 is 10.1 Å². The van der Waals surface area contributed by atoms with Gasteiger partial charge in [-0.25, -0.2) is 0 Å². The molecule has 0 saturated carbocycles. The topological polar surface area (TPSA) is 41.6 Å². The summed E-state index contributed by atoms with van der Waals surface area (Å²) in [4.78, 5) is 14.8. The van der Waals surface area contributed by atoms with Gasteiger partial charge < -0.3 is 10.1 Å². The summed E-state index contributed by atoms with van der Waals surface area (Å²) in [6.07, 6.45) is 2.72. The first kappa shape index (κ1) is 21.9. The van der Waals surface area contributed by atoms with Crippen molar-refractivity contribution in [3.05, 3.63) is 63.6 Å². The minimum atomic E-state index is 0.0601. The van der Waals surface area contributed by atoms with Gasteiger partial charge >= 0.3 is 0 Å². The lowest BCUT2D eigenvalue weighted by molar-refractivity contribution is -0.126. The van der Waals surface area contributed by atoms with E-state index in [9.17, 15) is 4.79 Å². The predicted octanol–water partition coefficient (Wildman–Crippen LogP) is 4.96. The van der Waals surface area contributed by atoms with Crippen LogP contribution in [0.25, 0.3) is 0 Å². The number of nitrogens with one attached hydrogen (secondary N) is 1. The normalized spacial score (nSPS) is 15.3. The van der Waals surface area contributed by atoms with Crippen molar-refractivity contribution in [3.63, 3.8) is 0 Å². The third-order valence-electron chi connectivity index (χ3n) is 5.39. The van der Waals surface area contributed by atoms with Crippen LogP contribution in [-0.2, 0) is 17.8 Å². The fourth-order valence-electron chi connectivity index (χ4n) is 3.57. The first-order valence-electron chi connectivity index (χ1n) is 10.2. The molecule has 2 aromatic rings. The second-order valence-corrected chi connectivity index (χ2v) is 8.19. The number of piperidine rings is 1. The number of benzene rings is 2. The van der Waals surface area contributed by atoms with E-state index < -0.39 is 0 Å². The van der Waals surface area contributed by atoms with Crippen LogP contribution in [0.4, 0.5) is 0 Å². The number of aryl methyl sites for hydroxylation is 1. The molecule has 0 unspecified atom stereocenters. The highest BCUT2D eigenvalue weighted by atomic mass is 35.5. The molecule has 0 spiro atoms.